The summed E-state index contributed by atoms with van der Waals surface area (Å²) < 4.78 is 12.0. The van der Waals surface area contributed by atoms with Gasteiger partial charge in [0.05, 0.1) is 18.2 Å². The summed E-state index contributed by atoms with van der Waals surface area (Å²) in [5.74, 6) is 1.88. The number of carbonyl (C=O) groups is 1. The third-order valence-corrected chi connectivity index (χ3v) is 6.37. The smallest absolute Gasteiger partial charge is 0.321 e. The lowest BCUT2D eigenvalue weighted by atomic mass is 9.74. The lowest BCUT2D eigenvalue weighted by molar-refractivity contribution is 0.00434. The molecule has 0 aliphatic carbocycles. The number of para-hydroxylation sites is 1. The van der Waals surface area contributed by atoms with Gasteiger partial charge in [-0.05, 0) is 49.2 Å². The van der Waals surface area contributed by atoms with Gasteiger partial charge in [-0.1, -0.05) is 18.2 Å². The summed E-state index contributed by atoms with van der Waals surface area (Å²) in [5, 5.41) is 12.7. The highest BCUT2D eigenvalue weighted by Crippen LogP contribution is 2.54. The number of fused-ring (bicyclic) bond motifs is 1. The van der Waals surface area contributed by atoms with Crippen LogP contribution in [0.25, 0.3) is 0 Å². The molecule has 4 atom stereocenters. The normalized spacial score (nSPS) is 30.3. The van der Waals surface area contributed by atoms with E-state index in [1.807, 2.05) is 59.5 Å². The van der Waals surface area contributed by atoms with Crippen LogP contribution in [0.1, 0.15) is 12.8 Å². The number of hydrogen-bond donors (Lipinski definition) is 2. The van der Waals surface area contributed by atoms with Crippen molar-refractivity contribution in [2.24, 2.45) is 11.8 Å². The summed E-state index contributed by atoms with van der Waals surface area (Å²) in [4.78, 5) is 14.6. The third kappa shape index (κ3) is 2.93. The molecule has 3 saturated heterocycles. The van der Waals surface area contributed by atoms with Crippen LogP contribution in [0, 0.1) is 11.8 Å². The van der Waals surface area contributed by atoms with Crippen LogP contribution in [0.15, 0.2) is 54.6 Å². The number of amides is 2. The molecule has 5 rings (SSSR count). The summed E-state index contributed by atoms with van der Waals surface area (Å²) in [6.45, 7) is 1.38. The van der Waals surface area contributed by atoms with Crippen molar-refractivity contribution in [3.8, 4) is 11.5 Å². The molecule has 2 aromatic carbocycles. The molecule has 3 aliphatic rings. The zero-order valence-electron chi connectivity index (χ0n) is 15.6. The molecule has 3 aliphatic heterocycles. The van der Waals surface area contributed by atoms with Crippen LogP contribution in [-0.2, 0) is 4.74 Å². The van der Waals surface area contributed by atoms with Crippen molar-refractivity contribution in [1.82, 2.24) is 4.90 Å². The standard InChI is InChI=1S/C22H24N2O4/c25-13-18-19-12-24(14-22(19)11-10-20(18)28-22)21(26)23-15-6-8-17(9-7-15)27-16-4-2-1-3-5-16/h1-9,18-20,25H,10-14H2,(H,23,26)/t18-,19+,20+,22+/m0/s1. The number of nitrogens with one attached hydrogen (secondary N) is 1. The molecule has 3 heterocycles. The van der Waals surface area contributed by atoms with E-state index in [4.69, 9.17) is 9.47 Å². The minimum absolute atomic E-state index is 0.121. The predicted octanol–water partition coefficient (Wildman–Crippen LogP) is 3.48. The highest BCUT2D eigenvalue weighted by Gasteiger charge is 2.63. The fourth-order valence-electron chi connectivity index (χ4n) is 5.02. The highest BCUT2D eigenvalue weighted by molar-refractivity contribution is 5.89. The monoisotopic (exact) mass is 380 g/mol. The number of ether oxygens (including phenoxy) is 2. The van der Waals surface area contributed by atoms with Gasteiger partial charge in [0.15, 0.2) is 0 Å². The first-order valence-corrected chi connectivity index (χ1v) is 9.84. The Bertz CT molecular complexity index is 857. The van der Waals surface area contributed by atoms with E-state index in [-0.39, 0.29) is 36.2 Å². The number of hydrogen-bond acceptors (Lipinski definition) is 4. The topological polar surface area (TPSA) is 71.0 Å². The Morgan fingerprint density at radius 1 is 1.18 bits per heavy atom. The number of carbonyl (C=O) groups excluding carboxylic acids is 1. The molecule has 6 heteroatoms. The number of likely N-dealkylation sites (tertiary alicyclic amines) is 1. The van der Waals surface area contributed by atoms with Crippen molar-refractivity contribution in [3.05, 3.63) is 54.6 Å². The van der Waals surface area contributed by atoms with Crippen LogP contribution in [-0.4, -0.2) is 47.4 Å². The Hall–Kier alpha value is -2.57. The number of nitrogens with zero attached hydrogens (tertiary/aromatic N) is 1. The lowest BCUT2D eigenvalue weighted by Gasteiger charge is -2.27. The maximum absolute atomic E-state index is 12.8. The van der Waals surface area contributed by atoms with E-state index in [1.54, 1.807) is 0 Å². The molecule has 28 heavy (non-hydrogen) atoms. The van der Waals surface area contributed by atoms with Gasteiger partial charge in [0.1, 0.15) is 11.5 Å². The Labute approximate surface area is 164 Å². The number of benzene rings is 2. The summed E-state index contributed by atoms with van der Waals surface area (Å²) in [5.41, 5.74) is 0.479. The molecule has 3 fully saturated rings. The van der Waals surface area contributed by atoms with Gasteiger partial charge < -0.3 is 24.8 Å². The summed E-state index contributed by atoms with van der Waals surface area (Å²) in [6.07, 6.45) is 2.13. The van der Waals surface area contributed by atoms with E-state index < -0.39 is 0 Å². The zero-order valence-corrected chi connectivity index (χ0v) is 15.6. The molecule has 0 aromatic heterocycles. The van der Waals surface area contributed by atoms with Crippen LogP contribution >= 0.6 is 0 Å². The van der Waals surface area contributed by atoms with Crippen molar-refractivity contribution >= 4 is 11.7 Å². The van der Waals surface area contributed by atoms with Crippen molar-refractivity contribution in [3.63, 3.8) is 0 Å². The van der Waals surface area contributed by atoms with Crippen molar-refractivity contribution in [2.45, 2.75) is 24.5 Å². The Kier molecular flexibility index (Phi) is 4.25. The van der Waals surface area contributed by atoms with E-state index in [2.05, 4.69) is 5.32 Å². The van der Waals surface area contributed by atoms with Crippen LogP contribution in [0.3, 0.4) is 0 Å². The number of aliphatic hydroxyl groups is 1. The first-order chi connectivity index (χ1) is 13.7. The minimum Gasteiger partial charge on any atom is -0.457 e. The van der Waals surface area contributed by atoms with Gasteiger partial charge >= 0.3 is 6.03 Å². The number of aliphatic hydroxyl groups excluding tert-OH is 1. The van der Waals surface area contributed by atoms with Gasteiger partial charge in [0, 0.05) is 30.7 Å². The molecule has 0 saturated carbocycles. The maximum Gasteiger partial charge on any atom is 0.321 e. The second kappa shape index (κ2) is 6.79. The first-order valence-electron chi connectivity index (χ1n) is 9.84. The second-order valence-electron chi connectivity index (χ2n) is 7.96. The van der Waals surface area contributed by atoms with E-state index in [9.17, 15) is 9.90 Å². The van der Waals surface area contributed by atoms with Crippen LogP contribution in [0.5, 0.6) is 11.5 Å². The molecule has 1 spiro atoms. The van der Waals surface area contributed by atoms with E-state index >= 15 is 0 Å². The summed E-state index contributed by atoms with van der Waals surface area (Å²) >= 11 is 0. The predicted molar refractivity (Wildman–Crippen MR) is 104 cm³/mol. The Balaban J connectivity index is 1.22. The average molecular weight is 380 g/mol. The van der Waals surface area contributed by atoms with Gasteiger partial charge in [-0.25, -0.2) is 4.79 Å². The molecule has 6 nitrogen and oxygen atoms in total. The summed E-state index contributed by atoms with van der Waals surface area (Å²) in [6, 6.07) is 16.8. The molecule has 146 valence electrons. The van der Waals surface area contributed by atoms with Gasteiger partial charge in [0.2, 0.25) is 0 Å². The SMILES string of the molecule is O=C(Nc1ccc(Oc2ccccc2)cc1)N1C[C@@H]2[C@H](CO)[C@H]3CC[C@]2(C1)O3. The fourth-order valence-corrected chi connectivity index (χ4v) is 5.02. The molecular weight excluding hydrogens is 356 g/mol. The largest absolute Gasteiger partial charge is 0.457 e. The molecule has 2 aromatic rings. The molecular formula is C22H24N2O4. The van der Waals surface area contributed by atoms with Crippen molar-refractivity contribution in [1.29, 1.82) is 0 Å². The van der Waals surface area contributed by atoms with Crippen LogP contribution < -0.4 is 10.1 Å². The number of rotatable bonds is 4. The molecule has 2 N–H and O–H groups in total. The van der Waals surface area contributed by atoms with Gasteiger partial charge in [-0.2, -0.15) is 0 Å². The number of urea groups is 1. The zero-order chi connectivity index (χ0) is 19.1. The van der Waals surface area contributed by atoms with Crippen molar-refractivity contribution in [2.75, 3.05) is 25.0 Å². The summed E-state index contributed by atoms with van der Waals surface area (Å²) in [7, 11) is 0. The average Bonchev–Trinajstić information content (AvgIpc) is 3.38. The fraction of sp³-hybridized carbons (Fsp3) is 0.409. The third-order valence-electron chi connectivity index (χ3n) is 6.37. The molecule has 0 radical (unpaired) electrons. The van der Waals surface area contributed by atoms with Gasteiger partial charge in [-0.3, -0.25) is 0 Å². The quantitative estimate of drug-likeness (QED) is 0.852. The van der Waals surface area contributed by atoms with E-state index in [1.165, 1.54) is 0 Å². The Morgan fingerprint density at radius 3 is 2.68 bits per heavy atom. The van der Waals surface area contributed by atoms with Gasteiger partial charge in [-0.15, -0.1) is 0 Å². The molecule has 2 amide bonds. The van der Waals surface area contributed by atoms with E-state index in [0.29, 0.717) is 13.1 Å². The van der Waals surface area contributed by atoms with Gasteiger partial charge in [0.25, 0.3) is 0 Å². The Morgan fingerprint density at radius 2 is 1.93 bits per heavy atom. The van der Waals surface area contributed by atoms with E-state index in [0.717, 1.165) is 30.0 Å². The highest BCUT2D eigenvalue weighted by atomic mass is 16.5. The minimum atomic E-state index is -0.247. The lowest BCUT2D eigenvalue weighted by Crippen LogP contribution is -2.38. The van der Waals surface area contributed by atoms with Crippen LogP contribution in [0.4, 0.5) is 10.5 Å². The molecule has 2 bridgehead atoms. The van der Waals surface area contributed by atoms with Crippen molar-refractivity contribution < 1.29 is 19.4 Å². The second-order valence-corrected chi connectivity index (χ2v) is 7.96. The first kappa shape index (κ1) is 17.5. The molecule has 0 unspecified atom stereocenters. The number of anilines is 1. The van der Waals surface area contributed by atoms with Crippen LogP contribution in [0.2, 0.25) is 0 Å². The maximum atomic E-state index is 12.8.